The Kier molecular flexibility index (Phi) is 9.09. The van der Waals surface area contributed by atoms with Crippen LogP contribution >= 0.6 is 24.8 Å². The van der Waals surface area contributed by atoms with Gasteiger partial charge in [-0.15, -0.1) is 24.8 Å². The molecule has 106 valence electrons. The second-order valence-electron chi connectivity index (χ2n) is 3.11. The highest BCUT2D eigenvalue weighted by Crippen LogP contribution is 2.18. The minimum Gasteiger partial charge on any atom is -0.483 e. The van der Waals surface area contributed by atoms with E-state index in [0.717, 1.165) is 6.20 Å². The van der Waals surface area contributed by atoms with Gasteiger partial charge in [0.15, 0.2) is 6.61 Å². The topological polar surface area (TPSA) is 68.4 Å². The van der Waals surface area contributed by atoms with E-state index in [9.17, 15) is 13.2 Å². The van der Waals surface area contributed by atoms with Crippen molar-refractivity contribution in [1.82, 2.24) is 4.98 Å². The van der Waals surface area contributed by atoms with E-state index in [1.54, 1.807) is 0 Å². The third-order valence-corrected chi connectivity index (χ3v) is 1.74. The first-order chi connectivity index (χ1) is 7.42. The summed E-state index contributed by atoms with van der Waals surface area (Å²) in [6.07, 6.45) is -3.24. The summed E-state index contributed by atoms with van der Waals surface area (Å²) in [5.41, 5.74) is 5.84. The van der Waals surface area contributed by atoms with Gasteiger partial charge in [0.2, 0.25) is 0 Å². The number of halogens is 5. The van der Waals surface area contributed by atoms with Crippen LogP contribution in [-0.2, 0) is 0 Å². The minimum atomic E-state index is -4.37. The molecule has 9 heteroatoms. The fraction of sp³-hybridized carbons (Fsp3) is 0.444. The van der Waals surface area contributed by atoms with Crippen LogP contribution in [0.3, 0.4) is 0 Å². The lowest BCUT2D eigenvalue weighted by molar-refractivity contribution is -0.153. The average Bonchev–Trinajstić information content (AvgIpc) is 2.25. The van der Waals surface area contributed by atoms with E-state index in [1.807, 2.05) is 0 Å². The second kappa shape index (κ2) is 8.36. The molecule has 0 aromatic carbocycles. The molecular weight excluding hydrogens is 296 g/mol. The van der Waals surface area contributed by atoms with Crippen molar-refractivity contribution in [2.24, 2.45) is 5.73 Å². The van der Waals surface area contributed by atoms with E-state index in [0.29, 0.717) is 5.69 Å². The third-order valence-electron chi connectivity index (χ3n) is 1.74. The lowest BCUT2D eigenvalue weighted by Crippen LogP contribution is -2.19. The molecule has 0 aliphatic heterocycles. The summed E-state index contributed by atoms with van der Waals surface area (Å²) in [4.78, 5) is 3.77. The van der Waals surface area contributed by atoms with Gasteiger partial charge in [0, 0.05) is 0 Å². The second-order valence-corrected chi connectivity index (χ2v) is 3.11. The largest absolute Gasteiger partial charge is 0.483 e. The molecule has 0 radical (unpaired) electrons. The Balaban J connectivity index is 0. The van der Waals surface area contributed by atoms with Gasteiger partial charge in [-0.3, -0.25) is 4.98 Å². The molecular formula is C9H13Cl2F3N2O2. The van der Waals surface area contributed by atoms with Crippen LogP contribution < -0.4 is 10.5 Å². The number of alkyl halides is 3. The monoisotopic (exact) mass is 308 g/mol. The summed E-state index contributed by atoms with van der Waals surface area (Å²) in [6.45, 7) is -1.64. The zero-order valence-corrected chi connectivity index (χ0v) is 10.7. The zero-order chi connectivity index (χ0) is 12.2. The van der Waals surface area contributed by atoms with Crippen LogP contribution in [0.4, 0.5) is 13.2 Å². The number of aromatic nitrogens is 1. The number of aliphatic hydroxyl groups excluding tert-OH is 1. The molecule has 1 rings (SSSR count). The molecule has 1 atom stereocenters. The fourth-order valence-electron chi connectivity index (χ4n) is 0.955. The smallest absolute Gasteiger partial charge is 0.422 e. The van der Waals surface area contributed by atoms with Gasteiger partial charge in [0.1, 0.15) is 5.75 Å². The first-order valence-electron chi connectivity index (χ1n) is 4.44. The maximum Gasteiger partial charge on any atom is 0.422 e. The number of hydrogen-bond donors (Lipinski definition) is 2. The number of hydrogen-bond acceptors (Lipinski definition) is 4. The Morgan fingerprint density at radius 3 is 2.33 bits per heavy atom. The van der Waals surface area contributed by atoms with Gasteiger partial charge in [-0.1, -0.05) is 0 Å². The van der Waals surface area contributed by atoms with Crippen molar-refractivity contribution in [1.29, 1.82) is 0 Å². The van der Waals surface area contributed by atoms with Crippen molar-refractivity contribution >= 4 is 24.8 Å². The van der Waals surface area contributed by atoms with E-state index in [2.05, 4.69) is 9.72 Å². The zero-order valence-electron chi connectivity index (χ0n) is 9.05. The quantitative estimate of drug-likeness (QED) is 0.891. The molecule has 1 heterocycles. The van der Waals surface area contributed by atoms with Crippen molar-refractivity contribution < 1.29 is 23.0 Å². The van der Waals surface area contributed by atoms with Gasteiger partial charge in [-0.05, 0) is 12.1 Å². The summed E-state index contributed by atoms with van der Waals surface area (Å²) in [6, 6.07) is 2.09. The average molecular weight is 309 g/mol. The fourth-order valence-corrected chi connectivity index (χ4v) is 0.955. The van der Waals surface area contributed by atoms with Gasteiger partial charge in [-0.2, -0.15) is 13.2 Å². The highest BCUT2D eigenvalue weighted by molar-refractivity contribution is 5.85. The normalized spacial score (nSPS) is 12.1. The van der Waals surface area contributed by atoms with Crippen LogP contribution in [0.15, 0.2) is 18.3 Å². The van der Waals surface area contributed by atoms with Crippen molar-refractivity contribution in [2.75, 3.05) is 13.2 Å². The molecule has 1 aromatic heterocycles. The molecule has 0 aliphatic rings. The van der Waals surface area contributed by atoms with E-state index in [1.165, 1.54) is 12.1 Å². The molecule has 4 nitrogen and oxygen atoms in total. The van der Waals surface area contributed by atoms with Crippen LogP contribution in [0.2, 0.25) is 0 Å². The highest BCUT2D eigenvalue weighted by Gasteiger charge is 2.28. The molecule has 0 saturated carbocycles. The standard InChI is InChI=1S/C9H11F3N2O2.2ClH/c10-9(11,12)5-16-6-1-2-8(14-3-6)7(13)4-15;;/h1-3,7,15H,4-5,13H2;2*1H/t7-;;/m1../s1. The van der Waals surface area contributed by atoms with Gasteiger partial charge in [-0.25, -0.2) is 0 Å². The molecule has 0 amide bonds. The van der Waals surface area contributed by atoms with E-state index in [-0.39, 0.29) is 37.2 Å². The number of nitrogens with zero attached hydrogens (tertiary/aromatic N) is 1. The van der Waals surface area contributed by atoms with Crippen LogP contribution in [0.25, 0.3) is 0 Å². The van der Waals surface area contributed by atoms with E-state index in [4.69, 9.17) is 10.8 Å². The van der Waals surface area contributed by atoms with Crippen LogP contribution in [0.1, 0.15) is 11.7 Å². The van der Waals surface area contributed by atoms with Crippen LogP contribution in [0, 0.1) is 0 Å². The van der Waals surface area contributed by atoms with Gasteiger partial charge >= 0.3 is 6.18 Å². The summed E-state index contributed by atoms with van der Waals surface area (Å²) in [5.74, 6) is 0.00575. The lowest BCUT2D eigenvalue weighted by atomic mass is 10.2. The van der Waals surface area contributed by atoms with Crippen molar-refractivity contribution in [3.05, 3.63) is 24.0 Å². The number of ether oxygens (including phenoxy) is 1. The van der Waals surface area contributed by atoms with Gasteiger partial charge < -0.3 is 15.6 Å². The molecule has 0 bridgehead atoms. The highest BCUT2D eigenvalue weighted by atomic mass is 35.5. The number of rotatable bonds is 4. The van der Waals surface area contributed by atoms with Crippen molar-refractivity contribution in [2.45, 2.75) is 12.2 Å². The van der Waals surface area contributed by atoms with Crippen LogP contribution in [0.5, 0.6) is 5.75 Å². The van der Waals surface area contributed by atoms with E-state index >= 15 is 0 Å². The molecule has 0 aliphatic carbocycles. The van der Waals surface area contributed by atoms with Crippen LogP contribution in [-0.4, -0.2) is 29.5 Å². The molecule has 0 unspecified atom stereocenters. The van der Waals surface area contributed by atoms with Gasteiger partial charge in [0.05, 0.1) is 24.5 Å². The van der Waals surface area contributed by atoms with E-state index < -0.39 is 18.8 Å². The van der Waals surface area contributed by atoms with Gasteiger partial charge in [0.25, 0.3) is 0 Å². The molecule has 0 spiro atoms. The summed E-state index contributed by atoms with van der Waals surface area (Å²) in [5, 5.41) is 8.72. The number of nitrogens with two attached hydrogens (primary N) is 1. The molecule has 3 N–H and O–H groups in total. The Bertz CT molecular complexity index is 336. The maximum atomic E-state index is 11.8. The lowest BCUT2D eigenvalue weighted by Gasteiger charge is -2.10. The third kappa shape index (κ3) is 6.85. The first-order valence-corrected chi connectivity index (χ1v) is 4.44. The predicted octanol–water partition coefficient (Wildman–Crippen LogP) is 1.86. The number of aliphatic hydroxyl groups is 1. The summed E-state index contributed by atoms with van der Waals surface area (Å²) in [7, 11) is 0. The van der Waals surface area contributed by atoms with Crippen molar-refractivity contribution in [3.8, 4) is 5.75 Å². The Morgan fingerprint density at radius 2 is 1.94 bits per heavy atom. The summed E-state index contributed by atoms with van der Waals surface area (Å²) < 4.78 is 39.9. The van der Waals surface area contributed by atoms with Crippen molar-refractivity contribution in [3.63, 3.8) is 0 Å². The molecule has 0 fully saturated rings. The minimum absolute atomic E-state index is 0. The first kappa shape index (κ1) is 19.6. The molecule has 0 saturated heterocycles. The predicted molar refractivity (Wildman–Crippen MR) is 64.3 cm³/mol. The molecule has 18 heavy (non-hydrogen) atoms. The Labute approximate surface area is 114 Å². The summed E-state index contributed by atoms with van der Waals surface area (Å²) >= 11 is 0. The maximum absolute atomic E-state index is 11.8. The Morgan fingerprint density at radius 1 is 1.33 bits per heavy atom. The molecule has 1 aromatic rings. The number of pyridine rings is 1. The SMILES string of the molecule is Cl.Cl.N[C@H](CO)c1ccc(OCC(F)(F)F)cn1. The Hall–Kier alpha value is -0.760.